The summed E-state index contributed by atoms with van der Waals surface area (Å²) in [5.41, 5.74) is 0.718. The maximum Gasteiger partial charge on any atom is 0.300 e. The highest BCUT2D eigenvalue weighted by Crippen LogP contribution is 1.97. The first-order chi connectivity index (χ1) is 4.91. The number of aliphatic hydroxyl groups is 1. The van der Waals surface area contributed by atoms with Crippen molar-refractivity contribution in [3.8, 4) is 0 Å². The average molecular weight is 181 g/mol. The molecule has 1 atom stereocenters. The summed E-state index contributed by atoms with van der Waals surface area (Å²) in [5, 5.41) is 16.1. The van der Waals surface area contributed by atoms with Gasteiger partial charge in [0.1, 0.15) is 0 Å². The minimum Gasteiger partial charge on any atom is -0.481 e. The van der Waals surface area contributed by atoms with Crippen molar-refractivity contribution < 1.29 is 15.0 Å². The smallest absolute Gasteiger partial charge is 0.300 e. The molecule has 11 heavy (non-hydrogen) atoms. The predicted molar refractivity (Wildman–Crippen MR) is 44.9 cm³/mol. The summed E-state index contributed by atoms with van der Waals surface area (Å²) in [5.74, 6) is -0.588. The predicted octanol–water partition coefficient (Wildman–Crippen LogP) is 1.25. The van der Waals surface area contributed by atoms with Gasteiger partial charge in [-0.3, -0.25) is 4.79 Å². The normalized spacial score (nSPS) is 10.9. The number of carboxylic acid groups (broad SMARTS) is 1. The lowest BCUT2D eigenvalue weighted by Gasteiger charge is -2.01. The Morgan fingerprint density at radius 3 is 1.91 bits per heavy atom. The minimum absolute atomic E-state index is 0.245. The van der Waals surface area contributed by atoms with Crippen LogP contribution in [0.5, 0.6) is 0 Å². The van der Waals surface area contributed by atoms with Gasteiger partial charge in [0.2, 0.25) is 0 Å². The fourth-order valence-electron chi connectivity index (χ4n) is 0.132. The molecule has 0 aromatic carbocycles. The second-order valence-corrected chi connectivity index (χ2v) is 2.34. The molecule has 1 unspecified atom stereocenters. The molecule has 0 saturated carbocycles. The van der Waals surface area contributed by atoms with Crippen LogP contribution in [-0.4, -0.2) is 28.2 Å². The van der Waals surface area contributed by atoms with Gasteiger partial charge in [-0.25, -0.2) is 0 Å². The van der Waals surface area contributed by atoms with E-state index in [1.54, 1.807) is 6.92 Å². The molecule has 3 nitrogen and oxygen atoms in total. The lowest BCUT2D eigenvalue weighted by molar-refractivity contribution is -0.134. The van der Waals surface area contributed by atoms with Crippen LogP contribution in [0.25, 0.3) is 0 Å². The van der Waals surface area contributed by atoms with Crippen molar-refractivity contribution in [3.05, 3.63) is 12.2 Å². The Morgan fingerprint density at radius 1 is 1.64 bits per heavy atom. The van der Waals surface area contributed by atoms with E-state index in [-0.39, 0.29) is 5.88 Å². The van der Waals surface area contributed by atoms with Gasteiger partial charge in [-0.15, -0.1) is 11.6 Å². The molecule has 0 amide bonds. The number of hydrogen-bond acceptors (Lipinski definition) is 2. The van der Waals surface area contributed by atoms with Crippen LogP contribution in [0.2, 0.25) is 0 Å². The van der Waals surface area contributed by atoms with Crippen molar-refractivity contribution in [1.29, 1.82) is 0 Å². The van der Waals surface area contributed by atoms with Crippen LogP contribution in [0.15, 0.2) is 12.2 Å². The standard InChI is InChI=1S/C5H9ClO.C2H4O2/c1-4(2)5(7)3-6;1-2(3)4/h5,7H,1,3H2,2H3;1H3,(H,3,4). The highest BCUT2D eigenvalue weighted by Gasteiger charge is 1.98. The Kier molecular flexibility index (Phi) is 9.00. The highest BCUT2D eigenvalue weighted by molar-refractivity contribution is 6.18. The summed E-state index contributed by atoms with van der Waals surface area (Å²) in [7, 11) is 0. The number of hydrogen-bond donors (Lipinski definition) is 2. The number of alkyl halides is 1. The Bertz CT molecular complexity index is 130. The van der Waals surface area contributed by atoms with E-state index >= 15 is 0 Å². The van der Waals surface area contributed by atoms with Crippen LogP contribution in [0.1, 0.15) is 13.8 Å². The Balaban J connectivity index is 0. The summed E-state index contributed by atoms with van der Waals surface area (Å²) >= 11 is 5.24. The van der Waals surface area contributed by atoms with Crippen molar-refractivity contribution in [2.75, 3.05) is 5.88 Å². The summed E-state index contributed by atoms with van der Waals surface area (Å²) in [4.78, 5) is 9.00. The van der Waals surface area contributed by atoms with Crippen LogP contribution < -0.4 is 0 Å². The molecule has 66 valence electrons. The van der Waals surface area contributed by atoms with E-state index in [1.165, 1.54) is 0 Å². The van der Waals surface area contributed by atoms with E-state index in [2.05, 4.69) is 6.58 Å². The lowest BCUT2D eigenvalue weighted by Crippen LogP contribution is -2.07. The molecule has 0 rings (SSSR count). The maximum absolute atomic E-state index is 9.00. The first-order valence-electron chi connectivity index (χ1n) is 3.00. The zero-order chi connectivity index (χ0) is 9.44. The van der Waals surface area contributed by atoms with Gasteiger partial charge in [0, 0.05) is 6.92 Å². The second-order valence-electron chi connectivity index (χ2n) is 2.04. The molecule has 0 heterocycles. The van der Waals surface area contributed by atoms with E-state index in [1.807, 2.05) is 0 Å². The molecule has 0 aromatic rings. The molecule has 0 bridgehead atoms. The Morgan fingerprint density at radius 2 is 1.91 bits per heavy atom. The number of aliphatic hydroxyl groups excluding tert-OH is 1. The molecule has 0 aromatic heterocycles. The number of halogens is 1. The quantitative estimate of drug-likeness (QED) is 0.497. The van der Waals surface area contributed by atoms with Gasteiger partial charge >= 0.3 is 0 Å². The lowest BCUT2D eigenvalue weighted by atomic mass is 10.2. The minimum atomic E-state index is -0.833. The monoisotopic (exact) mass is 180 g/mol. The molecule has 2 N–H and O–H groups in total. The number of rotatable bonds is 2. The zero-order valence-corrected chi connectivity index (χ0v) is 7.43. The van der Waals surface area contributed by atoms with E-state index in [9.17, 15) is 0 Å². The van der Waals surface area contributed by atoms with Crippen molar-refractivity contribution in [3.63, 3.8) is 0 Å². The third-order valence-corrected chi connectivity index (χ3v) is 1.01. The summed E-state index contributed by atoms with van der Waals surface area (Å²) in [6, 6.07) is 0. The van der Waals surface area contributed by atoms with Crippen LogP contribution in [-0.2, 0) is 4.79 Å². The van der Waals surface area contributed by atoms with Crippen molar-refractivity contribution >= 4 is 17.6 Å². The molecule has 0 radical (unpaired) electrons. The fourth-order valence-corrected chi connectivity index (χ4v) is 0.395. The maximum atomic E-state index is 9.00. The van der Waals surface area contributed by atoms with Gasteiger partial charge in [0.15, 0.2) is 0 Å². The van der Waals surface area contributed by atoms with Gasteiger partial charge in [0.25, 0.3) is 5.97 Å². The largest absolute Gasteiger partial charge is 0.481 e. The van der Waals surface area contributed by atoms with Crippen molar-refractivity contribution in [2.45, 2.75) is 20.0 Å². The molecule has 0 fully saturated rings. The van der Waals surface area contributed by atoms with Gasteiger partial charge in [-0.05, 0) is 6.92 Å². The Labute approximate surface area is 71.3 Å². The molecule has 4 heteroatoms. The third-order valence-electron chi connectivity index (χ3n) is 0.715. The van der Waals surface area contributed by atoms with Crippen molar-refractivity contribution in [1.82, 2.24) is 0 Å². The van der Waals surface area contributed by atoms with Crippen LogP contribution in [0, 0.1) is 0 Å². The summed E-state index contributed by atoms with van der Waals surface area (Å²) in [6.45, 7) is 6.32. The molecular formula is C7H13ClO3. The number of carbonyl (C=O) groups is 1. The van der Waals surface area contributed by atoms with Gasteiger partial charge in [0.05, 0.1) is 12.0 Å². The summed E-state index contributed by atoms with van der Waals surface area (Å²) < 4.78 is 0. The average Bonchev–Trinajstić information content (AvgIpc) is 1.85. The van der Waals surface area contributed by atoms with Gasteiger partial charge in [-0.1, -0.05) is 12.2 Å². The summed E-state index contributed by atoms with van der Waals surface area (Å²) in [6.07, 6.45) is -0.526. The van der Waals surface area contributed by atoms with Crippen LogP contribution in [0.3, 0.4) is 0 Å². The molecule has 0 aliphatic rings. The number of aliphatic carboxylic acids is 1. The van der Waals surface area contributed by atoms with Crippen molar-refractivity contribution in [2.24, 2.45) is 0 Å². The second kappa shape index (κ2) is 7.57. The fraction of sp³-hybridized carbons (Fsp3) is 0.571. The van der Waals surface area contributed by atoms with E-state index in [0.717, 1.165) is 12.5 Å². The first-order valence-corrected chi connectivity index (χ1v) is 3.54. The SMILES string of the molecule is C=C(C)C(O)CCl.CC(=O)O. The highest BCUT2D eigenvalue weighted by atomic mass is 35.5. The van der Waals surface area contributed by atoms with E-state index in [4.69, 9.17) is 26.6 Å². The van der Waals surface area contributed by atoms with Crippen LogP contribution in [0.4, 0.5) is 0 Å². The van der Waals surface area contributed by atoms with E-state index in [0.29, 0.717) is 0 Å². The molecular weight excluding hydrogens is 168 g/mol. The van der Waals surface area contributed by atoms with Gasteiger partial charge in [-0.2, -0.15) is 0 Å². The molecule has 0 aliphatic heterocycles. The van der Waals surface area contributed by atoms with E-state index < -0.39 is 12.1 Å². The van der Waals surface area contributed by atoms with Gasteiger partial charge < -0.3 is 10.2 Å². The topological polar surface area (TPSA) is 57.5 Å². The zero-order valence-electron chi connectivity index (χ0n) is 6.67. The molecule has 0 saturated heterocycles. The Hall–Kier alpha value is -0.540. The molecule has 0 aliphatic carbocycles. The van der Waals surface area contributed by atoms with Crippen LogP contribution >= 0.6 is 11.6 Å². The molecule has 0 spiro atoms. The first kappa shape index (κ1) is 13.1. The third kappa shape index (κ3) is 17.7. The number of carboxylic acids is 1.